The molecule has 2 aliphatic rings. The Hall–Kier alpha value is 0.500. The summed E-state index contributed by atoms with van der Waals surface area (Å²) in [6.07, 6.45) is 10.0. The van der Waals surface area contributed by atoms with Crippen LogP contribution in [0.3, 0.4) is 0 Å². The molecule has 0 radical (unpaired) electrons. The zero-order valence-corrected chi connectivity index (χ0v) is 12.9. The van der Waals surface area contributed by atoms with Crippen molar-refractivity contribution >= 4 is 24.8 Å². The summed E-state index contributed by atoms with van der Waals surface area (Å²) in [7, 11) is 4.58. The monoisotopic (exact) mass is 282 g/mol. The fraction of sp³-hybridized carbons (Fsp3) is 1.00. The van der Waals surface area contributed by atoms with Gasteiger partial charge in [0.1, 0.15) is 0 Å². The number of halogens is 2. The van der Waals surface area contributed by atoms with Gasteiger partial charge in [0.05, 0.1) is 0 Å². The van der Waals surface area contributed by atoms with Gasteiger partial charge in [-0.3, -0.25) is 0 Å². The molecule has 0 spiro atoms. The molecular weight excluding hydrogens is 255 g/mol. The third-order valence-corrected chi connectivity index (χ3v) is 4.42. The lowest BCUT2D eigenvalue weighted by Crippen LogP contribution is -2.27. The summed E-state index contributed by atoms with van der Waals surface area (Å²) in [5, 5.41) is 0. The third kappa shape index (κ3) is 4.94. The molecule has 0 aromatic carbocycles. The van der Waals surface area contributed by atoms with Gasteiger partial charge in [0.15, 0.2) is 0 Å². The van der Waals surface area contributed by atoms with Crippen molar-refractivity contribution in [2.45, 2.75) is 57.0 Å². The summed E-state index contributed by atoms with van der Waals surface area (Å²) in [5.41, 5.74) is 0. The number of hydrogen-bond donors (Lipinski definition) is 0. The minimum Gasteiger partial charge on any atom is -0.303 e. The molecule has 2 aliphatic heterocycles. The Morgan fingerprint density at radius 1 is 0.824 bits per heavy atom. The highest BCUT2D eigenvalue weighted by atomic mass is 35.5. The quantitative estimate of drug-likeness (QED) is 0.782. The Balaban J connectivity index is 0.00000128. The summed E-state index contributed by atoms with van der Waals surface area (Å²) >= 11 is 0. The normalized spacial score (nSPS) is 30.0. The minimum absolute atomic E-state index is 0. The van der Waals surface area contributed by atoms with Crippen molar-refractivity contribution in [3.8, 4) is 0 Å². The lowest BCUT2D eigenvalue weighted by atomic mass is 10.0. The van der Waals surface area contributed by atoms with Crippen LogP contribution in [0.25, 0.3) is 0 Å². The molecule has 0 aromatic heterocycles. The second-order valence-electron chi connectivity index (χ2n) is 5.48. The van der Waals surface area contributed by atoms with E-state index >= 15 is 0 Å². The summed E-state index contributed by atoms with van der Waals surface area (Å²) in [6.45, 7) is 2.65. The first-order chi connectivity index (χ1) is 7.27. The maximum absolute atomic E-state index is 2.55. The van der Waals surface area contributed by atoms with Gasteiger partial charge in [-0.1, -0.05) is 6.42 Å². The molecule has 2 saturated heterocycles. The predicted octanol–water partition coefficient (Wildman–Crippen LogP) is 3.19. The topological polar surface area (TPSA) is 6.48 Å². The van der Waals surface area contributed by atoms with Crippen LogP contribution in [0.5, 0.6) is 0 Å². The molecule has 2 nitrogen and oxygen atoms in total. The van der Waals surface area contributed by atoms with Crippen molar-refractivity contribution in [1.82, 2.24) is 9.80 Å². The van der Waals surface area contributed by atoms with E-state index in [-0.39, 0.29) is 24.8 Å². The third-order valence-electron chi connectivity index (χ3n) is 4.42. The summed E-state index contributed by atoms with van der Waals surface area (Å²) in [6, 6.07) is 1.80. The Kier molecular flexibility index (Phi) is 8.83. The molecule has 2 heterocycles. The van der Waals surface area contributed by atoms with Crippen LogP contribution in [0.1, 0.15) is 44.9 Å². The van der Waals surface area contributed by atoms with Gasteiger partial charge in [0.2, 0.25) is 0 Å². The largest absolute Gasteiger partial charge is 0.303 e. The molecule has 0 bridgehead atoms. The highest BCUT2D eigenvalue weighted by Gasteiger charge is 2.23. The fourth-order valence-electron chi connectivity index (χ4n) is 3.28. The lowest BCUT2D eigenvalue weighted by molar-refractivity contribution is 0.260. The van der Waals surface area contributed by atoms with Gasteiger partial charge in [0, 0.05) is 12.1 Å². The standard InChI is InChI=1S/C13H26N2.2ClH/c1-14-10-4-8-12(14)6-3-7-13-9-5-11-15(13)2;;/h12-13H,3-11H2,1-2H3;2*1H/t12-,13-;;/m1../s1. The van der Waals surface area contributed by atoms with E-state index in [1.165, 1.54) is 58.0 Å². The lowest BCUT2D eigenvalue weighted by Gasteiger charge is -2.22. The van der Waals surface area contributed by atoms with Gasteiger partial charge < -0.3 is 9.80 Å². The van der Waals surface area contributed by atoms with Gasteiger partial charge in [-0.25, -0.2) is 0 Å². The molecule has 0 saturated carbocycles. The Labute approximate surface area is 119 Å². The number of likely N-dealkylation sites (tertiary alicyclic amines) is 2. The van der Waals surface area contributed by atoms with Crippen molar-refractivity contribution in [2.75, 3.05) is 27.2 Å². The van der Waals surface area contributed by atoms with E-state index in [0.29, 0.717) is 0 Å². The van der Waals surface area contributed by atoms with Crippen molar-refractivity contribution in [2.24, 2.45) is 0 Å². The summed E-state index contributed by atoms with van der Waals surface area (Å²) < 4.78 is 0. The van der Waals surface area contributed by atoms with E-state index in [9.17, 15) is 0 Å². The fourth-order valence-corrected chi connectivity index (χ4v) is 3.28. The Morgan fingerprint density at radius 2 is 1.24 bits per heavy atom. The Bertz CT molecular complexity index is 182. The van der Waals surface area contributed by atoms with E-state index in [1.807, 2.05) is 0 Å². The molecule has 104 valence electrons. The van der Waals surface area contributed by atoms with E-state index in [0.717, 1.165) is 12.1 Å². The first-order valence-corrected chi connectivity index (χ1v) is 6.68. The molecular formula is C13H28Cl2N2. The molecule has 2 rings (SSSR count). The van der Waals surface area contributed by atoms with Crippen LogP contribution in [-0.2, 0) is 0 Å². The smallest absolute Gasteiger partial charge is 0.00926 e. The van der Waals surface area contributed by atoms with Crippen molar-refractivity contribution in [1.29, 1.82) is 0 Å². The van der Waals surface area contributed by atoms with Crippen LogP contribution in [0.15, 0.2) is 0 Å². The summed E-state index contributed by atoms with van der Waals surface area (Å²) in [5.74, 6) is 0. The van der Waals surface area contributed by atoms with Crippen molar-refractivity contribution < 1.29 is 0 Å². The maximum atomic E-state index is 2.55. The van der Waals surface area contributed by atoms with Gasteiger partial charge >= 0.3 is 0 Å². The average Bonchev–Trinajstić information content (AvgIpc) is 2.78. The van der Waals surface area contributed by atoms with Gasteiger partial charge in [-0.05, 0) is 65.7 Å². The number of nitrogens with zero attached hydrogens (tertiary/aromatic N) is 2. The zero-order valence-electron chi connectivity index (χ0n) is 11.2. The SMILES string of the molecule is CN1CCC[C@H]1CCC[C@@H]1CCCN1C.Cl.Cl. The molecule has 2 atom stereocenters. The highest BCUT2D eigenvalue weighted by molar-refractivity contribution is 5.85. The van der Waals surface area contributed by atoms with Gasteiger partial charge in [-0.15, -0.1) is 24.8 Å². The molecule has 0 amide bonds. The second-order valence-corrected chi connectivity index (χ2v) is 5.48. The molecule has 0 aromatic rings. The van der Waals surface area contributed by atoms with Crippen molar-refractivity contribution in [3.63, 3.8) is 0 Å². The first kappa shape index (κ1) is 17.5. The molecule has 2 fully saturated rings. The van der Waals surface area contributed by atoms with Crippen LogP contribution in [0, 0.1) is 0 Å². The van der Waals surface area contributed by atoms with Gasteiger partial charge in [-0.2, -0.15) is 0 Å². The van der Waals surface area contributed by atoms with E-state index in [1.54, 1.807) is 0 Å². The first-order valence-electron chi connectivity index (χ1n) is 6.68. The minimum atomic E-state index is 0. The average molecular weight is 283 g/mol. The molecule has 0 N–H and O–H groups in total. The highest BCUT2D eigenvalue weighted by Crippen LogP contribution is 2.24. The van der Waals surface area contributed by atoms with Crippen LogP contribution < -0.4 is 0 Å². The molecule has 0 aliphatic carbocycles. The van der Waals surface area contributed by atoms with E-state index in [2.05, 4.69) is 23.9 Å². The predicted molar refractivity (Wildman–Crippen MR) is 79.7 cm³/mol. The van der Waals surface area contributed by atoms with Gasteiger partial charge in [0.25, 0.3) is 0 Å². The second kappa shape index (κ2) is 8.58. The van der Waals surface area contributed by atoms with Crippen LogP contribution in [-0.4, -0.2) is 49.1 Å². The zero-order chi connectivity index (χ0) is 10.7. The maximum Gasteiger partial charge on any atom is 0.00926 e. The summed E-state index contributed by atoms with van der Waals surface area (Å²) in [4.78, 5) is 5.11. The number of rotatable bonds is 4. The van der Waals surface area contributed by atoms with Crippen molar-refractivity contribution in [3.05, 3.63) is 0 Å². The van der Waals surface area contributed by atoms with E-state index in [4.69, 9.17) is 0 Å². The van der Waals surface area contributed by atoms with Crippen LogP contribution >= 0.6 is 24.8 Å². The molecule has 0 unspecified atom stereocenters. The Morgan fingerprint density at radius 3 is 1.53 bits per heavy atom. The van der Waals surface area contributed by atoms with Crippen LogP contribution in [0.2, 0.25) is 0 Å². The van der Waals surface area contributed by atoms with Crippen LogP contribution in [0.4, 0.5) is 0 Å². The number of hydrogen-bond acceptors (Lipinski definition) is 2. The molecule has 4 heteroatoms. The molecule has 17 heavy (non-hydrogen) atoms. The van der Waals surface area contributed by atoms with E-state index < -0.39 is 0 Å².